The molecule has 1 aliphatic heterocycles. The summed E-state index contributed by atoms with van der Waals surface area (Å²) in [5, 5.41) is 6.13. The van der Waals surface area contributed by atoms with Crippen LogP contribution in [0.25, 0.3) is 0 Å². The topological polar surface area (TPSA) is 74.8 Å². The van der Waals surface area contributed by atoms with Gasteiger partial charge < -0.3 is 15.0 Å². The van der Waals surface area contributed by atoms with Crippen LogP contribution in [0, 0.1) is 0 Å². The molecule has 10 heteroatoms. The van der Waals surface area contributed by atoms with Crippen LogP contribution in [-0.4, -0.2) is 61.6 Å². The Labute approximate surface area is 170 Å². The molecule has 0 bridgehead atoms. The van der Waals surface area contributed by atoms with Crippen molar-refractivity contribution in [1.29, 1.82) is 0 Å². The van der Waals surface area contributed by atoms with Crippen LogP contribution in [0.5, 0.6) is 0 Å². The minimum Gasteiger partial charge on any atom is -0.465 e. The van der Waals surface area contributed by atoms with E-state index in [9.17, 15) is 9.59 Å². The van der Waals surface area contributed by atoms with Gasteiger partial charge >= 0.3 is 5.97 Å². The van der Waals surface area contributed by atoms with Crippen molar-refractivity contribution in [2.45, 2.75) is 0 Å². The molecule has 1 fully saturated rings. The van der Waals surface area contributed by atoms with E-state index in [1.807, 2.05) is 10.3 Å². The molecule has 3 rings (SSSR count). The number of nitrogens with zero attached hydrogens (tertiary/aromatic N) is 3. The van der Waals surface area contributed by atoms with Crippen LogP contribution in [0.2, 0.25) is 10.0 Å². The molecule has 1 aromatic heterocycles. The number of amides is 1. The number of hydrogen-bond donors (Lipinski definition) is 1. The Morgan fingerprint density at radius 2 is 2.00 bits per heavy atom. The van der Waals surface area contributed by atoms with Gasteiger partial charge in [0.1, 0.15) is 0 Å². The second kappa shape index (κ2) is 8.88. The number of anilines is 2. The van der Waals surface area contributed by atoms with Gasteiger partial charge in [-0.2, -0.15) is 0 Å². The predicted octanol–water partition coefficient (Wildman–Crippen LogP) is 3.00. The summed E-state index contributed by atoms with van der Waals surface area (Å²) in [6, 6.07) is 2.89. The molecule has 0 radical (unpaired) electrons. The number of rotatable bonds is 5. The van der Waals surface area contributed by atoms with E-state index in [1.165, 1.54) is 19.2 Å². The number of aromatic nitrogens is 1. The lowest BCUT2D eigenvalue weighted by molar-refractivity contribution is -0.117. The number of methoxy groups -OCH3 is 1. The van der Waals surface area contributed by atoms with Gasteiger partial charge in [-0.1, -0.05) is 23.2 Å². The summed E-state index contributed by atoms with van der Waals surface area (Å²) < 4.78 is 4.74. The minimum atomic E-state index is -0.619. The Bertz CT molecular complexity index is 824. The highest BCUT2D eigenvalue weighted by atomic mass is 35.5. The Hall–Kier alpha value is -1.87. The summed E-state index contributed by atoms with van der Waals surface area (Å²) in [6.45, 7) is 3.29. The van der Waals surface area contributed by atoms with Gasteiger partial charge in [-0.15, -0.1) is 11.3 Å². The van der Waals surface area contributed by atoms with E-state index in [-0.39, 0.29) is 33.7 Å². The third-order valence-electron chi connectivity index (χ3n) is 4.15. The summed E-state index contributed by atoms with van der Waals surface area (Å²) in [5.74, 6) is -0.876. The number of thiazole rings is 1. The minimum absolute atomic E-state index is 0.122. The molecule has 1 aliphatic rings. The molecule has 2 aromatic rings. The molecular formula is C17H18Cl2N4O3S. The monoisotopic (exact) mass is 428 g/mol. The van der Waals surface area contributed by atoms with Gasteiger partial charge in [0.2, 0.25) is 5.91 Å². The van der Waals surface area contributed by atoms with Crippen molar-refractivity contribution in [3.63, 3.8) is 0 Å². The van der Waals surface area contributed by atoms with E-state index in [2.05, 4.69) is 15.2 Å². The Morgan fingerprint density at radius 3 is 2.63 bits per heavy atom. The lowest BCUT2D eigenvalue weighted by Gasteiger charge is -2.34. The Balaban J connectivity index is 1.61. The number of benzene rings is 1. The molecule has 27 heavy (non-hydrogen) atoms. The molecule has 0 aliphatic carbocycles. The first-order valence-corrected chi connectivity index (χ1v) is 9.85. The second-order valence-corrected chi connectivity index (χ2v) is 7.64. The summed E-state index contributed by atoms with van der Waals surface area (Å²) in [4.78, 5) is 33.0. The largest absolute Gasteiger partial charge is 0.465 e. The Morgan fingerprint density at radius 1 is 1.26 bits per heavy atom. The molecule has 7 nitrogen and oxygen atoms in total. The summed E-state index contributed by atoms with van der Waals surface area (Å²) in [5.41, 5.74) is 0.330. The maximum atomic E-state index is 12.5. The normalized spacial score (nSPS) is 14.9. The van der Waals surface area contributed by atoms with Crippen LogP contribution in [-0.2, 0) is 9.53 Å². The van der Waals surface area contributed by atoms with Gasteiger partial charge in [0.25, 0.3) is 0 Å². The van der Waals surface area contributed by atoms with Crippen molar-refractivity contribution in [1.82, 2.24) is 9.88 Å². The number of hydrogen-bond acceptors (Lipinski definition) is 7. The lowest BCUT2D eigenvalue weighted by atomic mass is 10.1. The highest BCUT2D eigenvalue weighted by Crippen LogP contribution is 2.31. The number of esters is 1. The molecule has 144 valence electrons. The van der Waals surface area contributed by atoms with Gasteiger partial charge in [0, 0.05) is 42.8 Å². The second-order valence-electron chi connectivity index (χ2n) is 5.93. The molecular weight excluding hydrogens is 411 g/mol. The number of carbonyl (C=O) groups excluding carboxylic acids is 2. The molecule has 1 amide bonds. The fourth-order valence-electron chi connectivity index (χ4n) is 2.82. The number of nitrogens with one attached hydrogen (secondary N) is 1. The van der Waals surface area contributed by atoms with Crippen molar-refractivity contribution in [3.8, 4) is 0 Å². The number of piperazine rings is 1. The predicted molar refractivity (Wildman–Crippen MR) is 107 cm³/mol. The average Bonchev–Trinajstić information content (AvgIpc) is 3.18. The molecule has 0 spiro atoms. The van der Waals surface area contributed by atoms with E-state index in [0.29, 0.717) is 0 Å². The highest BCUT2D eigenvalue weighted by Gasteiger charge is 2.22. The van der Waals surface area contributed by atoms with Crippen molar-refractivity contribution in [2.24, 2.45) is 0 Å². The maximum Gasteiger partial charge on any atom is 0.340 e. The smallest absolute Gasteiger partial charge is 0.340 e. The summed E-state index contributed by atoms with van der Waals surface area (Å²) in [6.07, 6.45) is 1.79. The summed E-state index contributed by atoms with van der Waals surface area (Å²) in [7, 11) is 1.25. The number of carbonyl (C=O) groups is 2. The van der Waals surface area contributed by atoms with Gasteiger partial charge in [-0.05, 0) is 12.1 Å². The third kappa shape index (κ3) is 4.90. The van der Waals surface area contributed by atoms with Gasteiger partial charge in [-0.25, -0.2) is 9.78 Å². The van der Waals surface area contributed by atoms with Crippen LogP contribution in [0.3, 0.4) is 0 Å². The lowest BCUT2D eigenvalue weighted by Crippen LogP contribution is -2.48. The van der Waals surface area contributed by atoms with E-state index < -0.39 is 5.97 Å². The summed E-state index contributed by atoms with van der Waals surface area (Å²) >= 11 is 13.7. The first-order chi connectivity index (χ1) is 13.0. The zero-order valence-electron chi connectivity index (χ0n) is 14.6. The highest BCUT2D eigenvalue weighted by molar-refractivity contribution is 7.13. The van der Waals surface area contributed by atoms with Crippen molar-refractivity contribution in [2.75, 3.05) is 50.1 Å². The van der Waals surface area contributed by atoms with E-state index in [0.717, 1.165) is 31.3 Å². The molecule has 0 atom stereocenters. The fraction of sp³-hybridized carbons (Fsp3) is 0.353. The number of halogens is 2. The first-order valence-electron chi connectivity index (χ1n) is 8.22. The molecule has 1 aromatic carbocycles. The Kier molecular flexibility index (Phi) is 6.54. The molecule has 2 heterocycles. The number of ether oxygens (including phenoxy) is 1. The van der Waals surface area contributed by atoms with Crippen LogP contribution >= 0.6 is 34.5 Å². The molecule has 1 N–H and O–H groups in total. The third-order valence-corrected chi connectivity index (χ3v) is 5.50. The standard InChI is InChI=1S/C17H18Cl2N4O3S/c1-26-16(25)12-8-11(18)9-13(19)15(12)21-14(24)10-22-3-5-23(6-4-22)17-20-2-7-27-17/h2,7-9H,3-6,10H2,1H3,(H,21,24). The van der Waals surface area contributed by atoms with Crippen LogP contribution in [0.4, 0.5) is 10.8 Å². The molecule has 1 saturated heterocycles. The maximum absolute atomic E-state index is 12.5. The first kappa shape index (κ1) is 19.9. The quantitative estimate of drug-likeness (QED) is 0.737. The van der Waals surface area contributed by atoms with Crippen LogP contribution in [0.1, 0.15) is 10.4 Å². The van der Waals surface area contributed by atoms with Gasteiger partial charge in [-0.3, -0.25) is 9.69 Å². The van der Waals surface area contributed by atoms with Crippen LogP contribution in [0.15, 0.2) is 23.7 Å². The molecule has 0 saturated carbocycles. The molecule has 0 unspecified atom stereocenters. The van der Waals surface area contributed by atoms with Crippen molar-refractivity contribution in [3.05, 3.63) is 39.3 Å². The zero-order chi connectivity index (χ0) is 19.4. The zero-order valence-corrected chi connectivity index (χ0v) is 16.9. The van der Waals surface area contributed by atoms with E-state index in [1.54, 1.807) is 17.5 Å². The van der Waals surface area contributed by atoms with Crippen molar-refractivity contribution >= 4 is 57.2 Å². The fourth-order valence-corrected chi connectivity index (χ4v) is 4.06. The van der Waals surface area contributed by atoms with Crippen molar-refractivity contribution < 1.29 is 14.3 Å². The SMILES string of the molecule is COC(=O)c1cc(Cl)cc(Cl)c1NC(=O)CN1CCN(c2nccs2)CC1. The van der Waals surface area contributed by atoms with E-state index >= 15 is 0 Å². The van der Waals surface area contributed by atoms with Gasteiger partial charge in [0.05, 0.1) is 29.9 Å². The van der Waals surface area contributed by atoms with E-state index in [4.69, 9.17) is 27.9 Å². The van der Waals surface area contributed by atoms with Gasteiger partial charge in [0.15, 0.2) is 5.13 Å². The average molecular weight is 429 g/mol. The van der Waals surface area contributed by atoms with Crippen LogP contribution < -0.4 is 10.2 Å².